The summed E-state index contributed by atoms with van der Waals surface area (Å²) >= 11 is 1.75. The van der Waals surface area contributed by atoms with Gasteiger partial charge in [-0.2, -0.15) is 0 Å². The molecule has 3 heterocycles. The molecule has 1 aliphatic heterocycles. The first-order valence-electron chi connectivity index (χ1n) is 9.64. The number of aromatic nitrogens is 2. The molecule has 5 heteroatoms. The van der Waals surface area contributed by atoms with Gasteiger partial charge in [-0.1, -0.05) is 29.5 Å². The lowest BCUT2D eigenvalue weighted by atomic mass is 10.1. The molecule has 0 spiro atoms. The molecule has 1 saturated heterocycles. The quantitative estimate of drug-likeness (QED) is 0.532. The Morgan fingerprint density at radius 1 is 1.11 bits per heavy atom. The summed E-state index contributed by atoms with van der Waals surface area (Å²) in [7, 11) is 2.12. The van der Waals surface area contributed by atoms with Gasteiger partial charge in [0, 0.05) is 36.7 Å². The minimum atomic E-state index is 0.863. The number of H-pyrrole nitrogens is 1. The highest BCUT2D eigenvalue weighted by atomic mass is 32.1. The number of nitrogens with one attached hydrogen (secondary N) is 1. The van der Waals surface area contributed by atoms with Gasteiger partial charge in [0.15, 0.2) is 5.13 Å². The highest BCUT2D eigenvalue weighted by Crippen LogP contribution is 2.29. The van der Waals surface area contributed by atoms with Crippen molar-refractivity contribution in [2.75, 3.05) is 25.0 Å². The number of thiazole rings is 1. The van der Waals surface area contributed by atoms with E-state index in [9.17, 15) is 0 Å². The normalized spacial score (nSPS) is 15.1. The highest BCUT2D eigenvalue weighted by Gasteiger charge is 2.13. The SMILES string of the molecule is CN(Cc1ccc2[nH]c(CN3CCCC3)cc2c1)c1nc2ccccc2s1. The Hall–Kier alpha value is -2.37. The minimum Gasteiger partial charge on any atom is -0.357 e. The minimum absolute atomic E-state index is 0.863. The van der Waals surface area contributed by atoms with E-state index in [1.165, 1.54) is 52.8 Å². The van der Waals surface area contributed by atoms with Crippen LogP contribution >= 0.6 is 11.3 Å². The zero-order valence-corrected chi connectivity index (χ0v) is 16.4. The summed E-state index contributed by atoms with van der Waals surface area (Å²) in [6.07, 6.45) is 2.67. The van der Waals surface area contributed by atoms with Crippen molar-refractivity contribution >= 4 is 37.6 Å². The molecule has 2 aromatic heterocycles. The molecule has 1 fully saturated rings. The molecule has 0 radical (unpaired) electrons. The van der Waals surface area contributed by atoms with Crippen molar-refractivity contribution in [1.29, 1.82) is 0 Å². The predicted molar refractivity (Wildman–Crippen MR) is 115 cm³/mol. The lowest BCUT2D eigenvalue weighted by molar-refractivity contribution is 0.328. The number of rotatable bonds is 5. The smallest absolute Gasteiger partial charge is 0.186 e. The fraction of sp³-hybridized carbons (Fsp3) is 0.318. The molecule has 5 rings (SSSR count). The Morgan fingerprint density at radius 2 is 1.96 bits per heavy atom. The maximum Gasteiger partial charge on any atom is 0.186 e. The third-order valence-corrected chi connectivity index (χ3v) is 6.51. The van der Waals surface area contributed by atoms with Gasteiger partial charge in [0.1, 0.15) is 0 Å². The topological polar surface area (TPSA) is 35.2 Å². The molecule has 0 saturated carbocycles. The van der Waals surface area contributed by atoms with Gasteiger partial charge < -0.3 is 9.88 Å². The molecule has 0 amide bonds. The lowest BCUT2D eigenvalue weighted by Gasteiger charge is -2.15. The summed E-state index contributed by atoms with van der Waals surface area (Å²) in [5, 5.41) is 2.37. The van der Waals surface area contributed by atoms with Crippen LogP contribution in [0.1, 0.15) is 24.1 Å². The van der Waals surface area contributed by atoms with E-state index < -0.39 is 0 Å². The van der Waals surface area contributed by atoms with Crippen LogP contribution in [0.4, 0.5) is 5.13 Å². The average Bonchev–Trinajstić information content (AvgIpc) is 3.40. The van der Waals surface area contributed by atoms with Crippen LogP contribution in [0.15, 0.2) is 48.5 Å². The average molecular weight is 377 g/mol. The van der Waals surface area contributed by atoms with Gasteiger partial charge in [-0.05, 0) is 61.8 Å². The molecule has 4 nitrogen and oxygen atoms in total. The standard InChI is InChI=1S/C22H24N4S/c1-25(22-24-20-6-2-3-7-21(20)27-22)14-16-8-9-19-17(12-16)13-18(23-19)15-26-10-4-5-11-26/h2-3,6-9,12-13,23H,4-5,10-11,14-15H2,1H3. The van der Waals surface area contributed by atoms with E-state index in [2.05, 4.69) is 64.3 Å². The molecule has 0 unspecified atom stereocenters. The largest absolute Gasteiger partial charge is 0.357 e. The van der Waals surface area contributed by atoms with Crippen molar-refractivity contribution in [3.8, 4) is 0 Å². The van der Waals surface area contributed by atoms with Crippen LogP contribution < -0.4 is 4.90 Å². The Kier molecular flexibility index (Phi) is 4.34. The van der Waals surface area contributed by atoms with Gasteiger partial charge in [-0.25, -0.2) is 4.98 Å². The first-order chi connectivity index (χ1) is 13.2. The van der Waals surface area contributed by atoms with Crippen LogP contribution in [0.5, 0.6) is 0 Å². The fourth-order valence-electron chi connectivity index (χ4n) is 3.97. The van der Waals surface area contributed by atoms with Crippen molar-refractivity contribution in [1.82, 2.24) is 14.9 Å². The van der Waals surface area contributed by atoms with Gasteiger partial charge in [0.25, 0.3) is 0 Å². The molecule has 2 aromatic carbocycles. The second-order valence-corrected chi connectivity index (χ2v) is 8.53. The van der Waals surface area contributed by atoms with Gasteiger partial charge in [-0.15, -0.1) is 0 Å². The molecular formula is C22H24N4S. The van der Waals surface area contributed by atoms with Crippen LogP contribution in [0.2, 0.25) is 0 Å². The zero-order chi connectivity index (χ0) is 18.2. The zero-order valence-electron chi connectivity index (χ0n) is 15.6. The van der Waals surface area contributed by atoms with E-state index in [0.29, 0.717) is 0 Å². The molecule has 0 atom stereocenters. The second kappa shape index (κ2) is 6.98. The third-order valence-electron chi connectivity index (χ3n) is 5.36. The number of anilines is 1. The third kappa shape index (κ3) is 3.45. The number of hydrogen-bond acceptors (Lipinski definition) is 4. The molecule has 27 heavy (non-hydrogen) atoms. The molecule has 0 bridgehead atoms. The van der Waals surface area contributed by atoms with Crippen molar-refractivity contribution < 1.29 is 0 Å². The summed E-state index contributed by atoms with van der Waals surface area (Å²) < 4.78 is 1.24. The van der Waals surface area contributed by atoms with Gasteiger partial charge >= 0.3 is 0 Å². The summed E-state index contributed by atoms with van der Waals surface area (Å²) in [5.74, 6) is 0. The highest BCUT2D eigenvalue weighted by molar-refractivity contribution is 7.22. The maximum absolute atomic E-state index is 4.77. The van der Waals surface area contributed by atoms with Crippen molar-refractivity contribution in [3.05, 3.63) is 59.8 Å². The number of para-hydroxylation sites is 1. The number of fused-ring (bicyclic) bond motifs is 2. The Morgan fingerprint density at radius 3 is 2.81 bits per heavy atom. The van der Waals surface area contributed by atoms with E-state index in [4.69, 9.17) is 4.98 Å². The summed E-state index contributed by atoms with van der Waals surface area (Å²) in [4.78, 5) is 13.1. The van der Waals surface area contributed by atoms with E-state index in [1.54, 1.807) is 11.3 Å². The first-order valence-corrected chi connectivity index (χ1v) is 10.5. The fourth-order valence-corrected chi connectivity index (χ4v) is 4.90. The van der Waals surface area contributed by atoms with Crippen LogP contribution in [-0.2, 0) is 13.1 Å². The maximum atomic E-state index is 4.77. The van der Waals surface area contributed by atoms with Gasteiger partial charge in [0.2, 0.25) is 0 Å². The van der Waals surface area contributed by atoms with Crippen LogP contribution in [0.3, 0.4) is 0 Å². The van der Waals surface area contributed by atoms with Crippen LogP contribution in [-0.4, -0.2) is 35.0 Å². The number of nitrogens with zero attached hydrogens (tertiary/aromatic N) is 3. The van der Waals surface area contributed by atoms with Crippen molar-refractivity contribution in [2.45, 2.75) is 25.9 Å². The monoisotopic (exact) mass is 376 g/mol. The summed E-state index contributed by atoms with van der Waals surface area (Å²) in [6, 6.07) is 17.4. The summed E-state index contributed by atoms with van der Waals surface area (Å²) in [6.45, 7) is 4.36. The number of benzene rings is 2. The Bertz CT molecular complexity index is 1040. The van der Waals surface area contributed by atoms with E-state index in [1.807, 2.05) is 6.07 Å². The van der Waals surface area contributed by atoms with Crippen LogP contribution in [0, 0.1) is 0 Å². The van der Waals surface area contributed by atoms with Crippen molar-refractivity contribution in [2.24, 2.45) is 0 Å². The number of aromatic amines is 1. The van der Waals surface area contributed by atoms with E-state index >= 15 is 0 Å². The molecule has 1 aliphatic rings. The van der Waals surface area contributed by atoms with E-state index in [0.717, 1.165) is 23.7 Å². The van der Waals surface area contributed by atoms with Crippen molar-refractivity contribution in [3.63, 3.8) is 0 Å². The Balaban J connectivity index is 1.34. The molecule has 4 aromatic rings. The lowest BCUT2D eigenvalue weighted by Crippen LogP contribution is -2.18. The second-order valence-electron chi connectivity index (χ2n) is 7.52. The first kappa shape index (κ1) is 16.8. The molecule has 138 valence electrons. The molecule has 0 aliphatic carbocycles. The van der Waals surface area contributed by atoms with Crippen LogP contribution in [0.25, 0.3) is 21.1 Å². The summed E-state index contributed by atoms with van der Waals surface area (Å²) in [5.41, 5.74) is 4.95. The number of likely N-dealkylation sites (tertiary alicyclic amines) is 1. The van der Waals surface area contributed by atoms with Gasteiger partial charge in [0.05, 0.1) is 10.2 Å². The molecular weight excluding hydrogens is 352 g/mol. The predicted octanol–water partition coefficient (Wildman–Crippen LogP) is 5.01. The Labute approximate surface area is 163 Å². The van der Waals surface area contributed by atoms with E-state index in [-0.39, 0.29) is 0 Å². The molecule has 1 N–H and O–H groups in total. The van der Waals surface area contributed by atoms with Gasteiger partial charge in [-0.3, -0.25) is 4.90 Å². The number of hydrogen-bond donors (Lipinski definition) is 1.